The Balaban J connectivity index is 1.35. The van der Waals surface area contributed by atoms with Gasteiger partial charge in [0.25, 0.3) is 0 Å². The standard InChI is InChI=1S/C20H16N4O3S/c25-19(14-28-20-21-22-23-24(20)13-18-7-4-12-26-18)15-8-10-17(11-9-15)27-16-5-2-1-3-6-16/h1-12H,13-14H2. The maximum Gasteiger partial charge on any atom is 0.210 e. The highest BCUT2D eigenvalue weighted by molar-refractivity contribution is 7.99. The van der Waals surface area contributed by atoms with Gasteiger partial charge >= 0.3 is 0 Å². The van der Waals surface area contributed by atoms with Gasteiger partial charge in [-0.25, -0.2) is 4.68 Å². The Morgan fingerprint density at radius 2 is 1.79 bits per heavy atom. The largest absolute Gasteiger partial charge is 0.467 e. The number of furan rings is 1. The number of carbonyl (C=O) groups is 1. The van der Waals surface area contributed by atoms with Crippen molar-refractivity contribution in [3.63, 3.8) is 0 Å². The third-order valence-corrected chi connectivity index (χ3v) is 4.83. The number of hydrogen-bond acceptors (Lipinski definition) is 7. The summed E-state index contributed by atoms with van der Waals surface area (Å²) in [5, 5.41) is 12.2. The number of ether oxygens (including phenoxy) is 1. The summed E-state index contributed by atoms with van der Waals surface area (Å²) >= 11 is 1.29. The summed E-state index contributed by atoms with van der Waals surface area (Å²) in [5.41, 5.74) is 0.609. The Hall–Kier alpha value is -3.39. The molecule has 0 spiro atoms. The fourth-order valence-corrected chi connectivity index (χ4v) is 3.27. The number of aromatic nitrogens is 4. The molecule has 2 aromatic carbocycles. The van der Waals surface area contributed by atoms with E-state index in [1.165, 1.54) is 11.8 Å². The van der Waals surface area contributed by atoms with Crippen LogP contribution in [0.25, 0.3) is 0 Å². The number of Topliss-reactive ketones (excluding diaryl/α,β-unsaturated/α-hetero) is 1. The van der Waals surface area contributed by atoms with E-state index in [1.807, 2.05) is 36.4 Å². The van der Waals surface area contributed by atoms with E-state index >= 15 is 0 Å². The van der Waals surface area contributed by atoms with Gasteiger partial charge in [0.15, 0.2) is 5.78 Å². The summed E-state index contributed by atoms with van der Waals surface area (Å²) in [6, 6.07) is 20.2. The molecule has 0 unspecified atom stereocenters. The average Bonchev–Trinajstić information content (AvgIpc) is 3.40. The molecule has 0 atom stereocenters. The smallest absolute Gasteiger partial charge is 0.210 e. The van der Waals surface area contributed by atoms with Crippen molar-refractivity contribution in [3.05, 3.63) is 84.3 Å². The normalized spacial score (nSPS) is 10.7. The molecule has 0 saturated carbocycles. The molecule has 0 N–H and O–H groups in total. The monoisotopic (exact) mass is 392 g/mol. The molecule has 0 amide bonds. The fourth-order valence-electron chi connectivity index (χ4n) is 2.50. The van der Waals surface area contributed by atoms with Crippen LogP contribution in [-0.2, 0) is 6.54 Å². The second-order valence-electron chi connectivity index (χ2n) is 5.85. The molecule has 4 rings (SSSR count). The van der Waals surface area contributed by atoms with E-state index in [2.05, 4.69) is 15.5 Å². The second-order valence-corrected chi connectivity index (χ2v) is 6.79. The highest BCUT2D eigenvalue weighted by atomic mass is 32.2. The minimum atomic E-state index is -0.0104. The Bertz CT molecular complexity index is 1030. The van der Waals surface area contributed by atoms with E-state index in [1.54, 1.807) is 41.3 Å². The van der Waals surface area contributed by atoms with Crippen molar-refractivity contribution in [2.24, 2.45) is 0 Å². The minimum Gasteiger partial charge on any atom is -0.467 e. The van der Waals surface area contributed by atoms with Crippen LogP contribution < -0.4 is 4.74 Å². The quantitative estimate of drug-likeness (QED) is 0.330. The number of carbonyl (C=O) groups excluding carboxylic acids is 1. The molecule has 0 saturated heterocycles. The van der Waals surface area contributed by atoms with Crippen LogP contribution in [0.3, 0.4) is 0 Å². The van der Waals surface area contributed by atoms with Gasteiger partial charge < -0.3 is 9.15 Å². The van der Waals surface area contributed by atoms with Gasteiger partial charge in [0.05, 0.1) is 12.0 Å². The lowest BCUT2D eigenvalue weighted by Crippen LogP contribution is -2.06. The van der Waals surface area contributed by atoms with Crippen LogP contribution in [0.4, 0.5) is 0 Å². The van der Waals surface area contributed by atoms with Gasteiger partial charge in [0.1, 0.15) is 23.8 Å². The van der Waals surface area contributed by atoms with Gasteiger partial charge in [-0.1, -0.05) is 30.0 Å². The summed E-state index contributed by atoms with van der Waals surface area (Å²) in [6.45, 7) is 0.419. The zero-order valence-electron chi connectivity index (χ0n) is 14.8. The van der Waals surface area contributed by atoms with Gasteiger partial charge in [-0.15, -0.1) is 5.10 Å². The molecule has 0 bridgehead atoms. The SMILES string of the molecule is O=C(CSc1nnnn1Cc1ccco1)c1ccc(Oc2ccccc2)cc1. The summed E-state index contributed by atoms with van der Waals surface area (Å²) < 4.78 is 12.7. The Kier molecular flexibility index (Phi) is 5.48. The van der Waals surface area contributed by atoms with Crippen molar-refractivity contribution in [1.82, 2.24) is 20.2 Å². The van der Waals surface area contributed by atoms with Crippen molar-refractivity contribution < 1.29 is 13.9 Å². The molecule has 7 nitrogen and oxygen atoms in total. The summed E-state index contributed by atoms with van der Waals surface area (Å²) in [5.74, 6) is 2.40. The third-order valence-electron chi connectivity index (χ3n) is 3.87. The van der Waals surface area contributed by atoms with Crippen molar-refractivity contribution >= 4 is 17.5 Å². The maximum absolute atomic E-state index is 12.5. The maximum atomic E-state index is 12.5. The highest BCUT2D eigenvalue weighted by Crippen LogP contribution is 2.22. The van der Waals surface area contributed by atoms with E-state index < -0.39 is 0 Å². The number of ketones is 1. The van der Waals surface area contributed by atoms with E-state index in [0.29, 0.717) is 23.0 Å². The van der Waals surface area contributed by atoms with Gasteiger partial charge in [0.2, 0.25) is 5.16 Å². The molecule has 0 fully saturated rings. The summed E-state index contributed by atoms with van der Waals surface area (Å²) in [6.07, 6.45) is 1.60. The first-order valence-corrected chi connectivity index (χ1v) is 9.54. The summed E-state index contributed by atoms with van der Waals surface area (Å²) in [7, 11) is 0. The summed E-state index contributed by atoms with van der Waals surface area (Å²) in [4.78, 5) is 12.5. The van der Waals surface area contributed by atoms with Crippen LogP contribution in [0.15, 0.2) is 82.6 Å². The average molecular weight is 392 g/mol. The molecule has 0 radical (unpaired) electrons. The van der Waals surface area contributed by atoms with Gasteiger partial charge in [0, 0.05) is 5.56 Å². The van der Waals surface area contributed by atoms with Gasteiger partial charge in [-0.2, -0.15) is 0 Å². The zero-order valence-corrected chi connectivity index (χ0v) is 15.6. The molecule has 8 heteroatoms. The van der Waals surface area contributed by atoms with E-state index in [9.17, 15) is 4.79 Å². The van der Waals surface area contributed by atoms with Crippen molar-refractivity contribution in [3.8, 4) is 11.5 Å². The third kappa shape index (κ3) is 4.47. The lowest BCUT2D eigenvalue weighted by Gasteiger charge is -2.06. The molecule has 28 heavy (non-hydrogen) atoms. The number of nitrogens with zero attached hydrogens (tertiary/aromatic N) is 4. The second kappa shape index (κ2) is 8.53. The van der Waals surface area contributed by atoms with Crippen molar-refractivity contribution in [2.75, 3.05) is 5.75 Å². The van der Waals surface area contributed by atoms with Crippen LogP contribution >= 0.6 is 11.8 Å². The zero-order chi connectivity index (χ0) is 19.2. The predicted molar refractivity (Wildman–Crippen MR) is 104 cm³/mol. The van der Waals surface area contributed by atoms with Crippen molar-refractivity contribution in [2.45, 2.75) is 11.7 Å². The Morgan fingerprint density at radius 3 is 2.54 bits per heavy atom. The molecule has 0 aliphatic carbocycles. The Labute approximate surface area is 165 Å². The number of rotatable bonds is 8. The first kappa shape index (κ1) is 18.0. The number of thioether (sulfide) groups is 1. The molecular formula is C20H16N4O3S. The first-order chi connectivity index (χ1) is 13.8. The van der Waals surface area contributed by atoms with Crippen LogP contribution in [0, 0.1) is 0 Å². The molecule has 2 aromatic heterocycles. The van der Waals surface area contributed by atoms with Crippen LogP contribution in [0.5, 0.6) is 11.5 Å². The predicted octanol–water partition coefficient (Wildman–Crippen LogP) is 4.08. The molecule has 4 aromatic rings. The van der Waals surface area contributed by atoms with Gasteiger partial charge in [-0.05, 0) is 59.0 Å². The number of tetrazole rings is 1. The van der Waals surface area contributed by atoms with Crippen LogP contribution in [-0.4, -0.2) is 31.7 Å². The molecule has 0 aliphatic rings. The van der Waals surface area contributed by atoms with E-state index in [-0.39, 0.29) is 11.5 Å². The number of benzene rings is 2. The van der Waals surface area contributed by atoms with Crippen LogP contribution in [0.2, 0.25) is 0 Å². The lowest BCUT2D eigenvalue weighted by atomic mass is 10.1. The Morgan fingerprint density at radius 1 is 1.00 bits per heavy atom. The fraction of sp³-hybridized carbons (Fsp3) is 0.100. The number of para-hydroxylation sites is 1. The molecule has 0 aliphatic heterocycles. The first-order valence-electron chi connectivity index (χ1n) is 8.55. The molecule has 140 valence electrons. The van der Waals surface area contributed by atoms with Crippen molar-refractivity contribution in [1.29, 1.82) is 0 Å². The number of hydrogen-bond donors (Lipinski definition) is 0. The molecular weight excluding hydrogens is 376 g/mol. The van der Waals surface area contributed by atoms with Crippen LogP contribution in [0.1, 0.15) is 16.1 Å². The highest BCUT2D eigenvalue weighted by Gasteiger charge is 2.13. The lowest BCUT2D eigenvalue weighted by molar-refractivity contribution is 0.102. The topological polar surface area (TPSA) is 83.0 Å². The minimum absolute atomic E-state index is 0.0104. The molecule has 2 heterocycles. The van der Waals surface area contributed by atoms with E-state index in [0.717, 1.165) is 11.5 Å². The van der Waals surface area contributed by atoms with E-state index in [4.69, 9.17) is 9.15 Å². The van der Waals surface area contributed by atoms with Gasteiger partial charge in [-0.3, -0.25) is 4.79 Å².